The van der Waals surface area contributed by atoms with Gasteiger partial charge >= 0.3 is 143 Å². The molecule has 0 spiro atoms. The average Bonchev–Trinajstić information content (AvgIpc) is 2.96. The van der Waals surface area contributed by atoms with Crippen molar-refractivity contribution in [2.75, 3.05) is 16.9 Å². The van der Waals surface area contributed by atoms with Crippen LogP contribution in [0, 0.1) is 3.57 Å². The molecule has 104 valence electrons. The number of hydrogen-bond donors (Lipinski definition) is 1. The molecule has 20 heavy (non-hydrogen) atoms. The summed E-state index contributed by atoms with van der Waals surface area (Å²) in [6.45, 7) is 0. The van der Waals surface area contributed by atoms with Crippen LogP contribution in [-0.4, -0.2) is 36.7 Å². The van der Waals surface area contributed by atoms with Crippen LogP contribution in [0.4, 0.5) is 4.69 Å². The quantitative estimate of drug-likeness (QED) is 0.430. The van der Waals surface area contributed by atoms with Crippen LogP contribution in [0.3, 0.4) is 0 Å². The number of hydrogen-bond acceptors (Lipinski definition) is 4. The molecule has 0 saturated carbocycles. The number of nitrogens with one attached hydrogen (secondary N) is 1. The van der Waals surface area contributed by atoms with E-state index in [4.69, 9.17) is 0 Å². The molecule has 1 aliphatic heterocycles. The van der Waals surface area contributed by atoms with E-state index in [1.54, 1.807) is 0 Å². The fourth-order valence-corrected chi connectivity index (χ4v) is 4.64. The zero-order chi connectivity index (χ0) is 13.8. The van der Waals surface area contributed by atoms with Gasteiger partial charge in [-0.2, -0.15) is 0 Å². The van der Waals surface area contributed by atoms with Crippen molar-refractivity contribution in [3.63, 3.8) is 0 Å². The molecule has 1 fully saturated rings. The first-order valence-electron chi connectivity index (χ1n) is 6.42. The van der Waals surface area contributed by atoms with Crippen LogP contribution in [0.5, 0.6) is 0 Å². The second-order valence-electron chi connectivity index (χ2n) is 4.45. The van der Waals surface area contributed by atoms with Crippen LogP contribution >= 0.6 is 34.4 Å². The Morgan fingerprint density at radius 2 is 1.95 bits per heavy atom. The summed E-state index contributed by atoms with van der Waals surface area (Å²) in [6.07, 6.45) is 2.21. The number of anilines is 1. The third-order valence-electron chi connectivity index (χ3n) is 3.02. The number of aromatic nitrogens is 1. The Morgan fingerprint density at radius 3 is 2.70 bits per heavy atom. The van der Waals surface area contributed by atoms with E-state index < -0.39 is 0 Å². The third kappa shape index (κ3) is 3.87. The van der Waals surface area contributed by atoms with Gasteiger partial charge in [-0.05, 0) is 0 Å². The molecular formula is C14H14IN3SSe. The van der Waals surface area contributed by atoms with Crippen LogP contribution < -0.4 is 5.43 Å². The molecule has 0 atom stereocenters. The Bertz CT molecular complexity index is 601. The van der Waals surface area contributed by atoms with Gasteiger partial charge < -0.3 is 0 Å². The van der Waals surface area contributed by atoms with E-state index >= 15 is 0 Å². The van der Waals surface area contributed by atoms with Gasteiger partial charge in [-0.15, -0.1) is 0 Å². The van der Waals surface area contributed by atoms with Crippen molar-refractivity contribution in [3.05, 3.63) is 32.8 Å². The van der Waals surface area contributed by atoms with E-state index in [0.29, 0.717) is 0 Å². The Labute approximate surface area is 142 Å². The van der Waals surface area contributed by atoms with Gasteiger partial charge in [0.25, 0.3) is 0 Å². The van der Waals surface area contributed by atoms with Crippen LogP contribution in [0.15, 0.2) is 34.3 Å². The van der Waals surface area contributed by atoms with Crippen molar-refractivity contribution in [1.82, 2.24) is 4.98 Å². The van der Waals surface area contributed by atoms with E-state index in [9.17, 15) is 0 Å². The molecule has 1 aromatic carbocycles. The summed E-state index contributed by atoms with van der Waals surface area (Å²) >= 11 is 4.60. The minimum absolute atomic E-state index is 0.270. The topological polar surface area (TPSA) is 37.3 Å². The number of hydrazone groups is 1. The van der Waals surface area contributed by atoms with Crippen LogP contribution in [0.2, 0.25) is 0 Å². The van der Waals surface area contributed by atoms with Gasteiger partial charge in [0, 0.05) is 0 Å². The monoisotopic (exact) mass is 463 g/mol. The molecule has 0 aliphatic carbocycles. The summed E-state index contributed by atoms with van der Waals surface area (Å²) in [5.74, 6) is 2.40. The van der Waals surface area contributed by atoms with Crippen molar-refractivity contribution < 1.29 is 0 Å². The summed E-state index contributed by atoms with van der Waals surface area (Å²) in [5.41, 5.74) is 6.71. The van der Waals surface area contributed by atoms with Gasteiger partial charge in [-0.3, -0.25) is 0 Å². The molecule has 2 heterocycles. The third-order valence-corrected chi connectivity index (χ3v) is 6.30. The number of nitrogens with zero attached hydrogens (tertiary/aromatic N) is 2. The molecule has 1 saturated heterocycles. The molecule has 1 aromatic heterocycles. The first-order chi connectivity index (χ1) is 9.81. The van der Waals surface area contributed by atoms with Crippen LogP contribution in [0.25, 0.3) is 11.3 Å². The maximum absolute atomic E-state index is 4.65. The normalized spacial score (nSPS) is 15.2. The Morgan fingerprint density at radius 1 is 1.20 bits per heavy atom. The summed E-state index contributed by atoms with van der Waals surface area (Å²) in [6, 6.07) is 8.48. The SMILES string of the molecule is Ic1ccc(-c2c[se]c(NN=C3CCSCC3)n2)cc1. The van der Waals surface area contributed by atoms with Gasteiger partial charge in [0.1, 0.15) is 0 Å². The molecule has 2 aromatic rings. The number of benzene rings is 1. The van der Waals surface area contributed by atoms with E-state index in [1.165, 1.54) is 26.4 Å². The second-order valence-corrected chi connectivity index (χ2v) is 8.72. The fourth-order valence-electron chi connectivity index (χ4n) is 1.92. The van der Waals surface area contributed by atoms with Gasteiger partial charge in [-0.1, -0.05) is 0 Å². The Balaban J connectivity index is 1.68. The van der Waals surface area contributed by atoms with E-state index in [2.05, 4.69) is 67.3 Å². The van der Waals surface area contributed by atoms with Gasteiger partial charge in [-0.25, -0.2) is 0 Å². The summed E-state index contributed by atoms with van der Waals surface area (Å²) in [5, 5.41) is 4.51. The predicted molar refractivity (Wildman–Crippen MR) is 96.9 cm³/mol. The Kier molecular flexibility index (Phi) is 5.20. The molecule has 0 bridgehead atoms. The summed E-state index contributed by atoms with van der Waals surface area (Å²) in [4.78, 5) is 6.87. The zero-order valence-electron chi connectivity index (χ0n) is 10.8. The van der Waals surface area contributed by atoms with Gasteiger partial charge in [0.15, 0.2) is 0 Å². The van der Waals surface area contributed by atoms with Crippen LogP contribution in [0.1, 0.15) is 12.8 Å². The van der Waals surface area contributed by atoms with Crippen molar-refractivity contribution >= 4 is 59.3 Å². The average molecular weight is 462 g/mol. The van der Waals surface area contributed by atoms with E-state index in [-0.39, 0.29) is 14.5 Å². The van der Waals surface area contributed by atoms with Crippen molar-refractivity contribution in [3.8, 4) is 11.3 Å². The number of rotatable bonds is 3. The molecule has 0 amide bonds. The second kappa shape index (κ2) is 7.11. The summed E-state index contributed by atoms with van der Waals surface area (Å²) in [7, 11) is 0. The van der Waals surface area contributed by atoms with Crippen LogP contribution in [-0.2, 0) is 0 Å². The molecule has 3 rings (SSSR count). The molecule has 0 unspecified atom stereocenters. The van der Waals surface area contributed by atoms with Crippen molar-refractivity contribution in [2.24, 2.45) is 5.10 Å². The molecule has 0 radical (unpaired) electrons. The maximum atomic E-state index is 4.65. The fraction of sp³-hybridized carbons (Fsp3) is 0.286. The minimum atomic E-state index is 0.270. The number of halogens is 1. The first-order valence-corrected chi connectivity index (χ1v) is 10.5. The van der Waals surface area contributed by atoms with Gasteiger partial charge in [0.2, 0.25) is 0 Å². The predicted octanol–water partition coefficient (Wildman–Crippen LogP) is 3.71. The molecular weight excluding hydrogens is 448 g/mol. The van der Waals surface area contributed by atoms with Crippen molar-refractivity contribution in [1.29, 1.82) is 0 Å². The van der Waals surface area contributed by atoms with Gasteiger partial charge in [0.05, 0.1) is 0 Å². The molecule has 3 nitrogen and oxygen atoms in total. The molecule has 1 N–H and O–H groups in total. The zero-order valence-corrected chi connectivity index (χ0v) is 15.5. The standard InChI is InChI=1S/C14H14IN3SSe/c15-11-3-1-10(2-4-11)13-9-20-14(16-13)18-17-12-5-7-19-8-6-12/h1-4,9H,5-8H2,(H,16,18). The molecule has 1 aliphatic rings. The Hall–Kier alpha value is -0.301. The molecule has 6 heteroatoms. The first kappa shape index (κ1) is 14.6. The summed E-state index contributed by atoms with van der Waals surface area (Å²) < 4.78 is 2.26. The van der Waals surface area contributed by atoms with Crippen molar-refractivity contribution in [2.45, 2.75) is 12.8 Å². The van der Waals surface area contributed by atoms with E-state index in [0.717, 1.165) is 23.2 Å². The van der Waals surface area contributed by atoms with E-state index in [1.807, 2.05) is 11.8 Å². The number of thioether (sulfide) groups is 1.